The molecule has 0 fully saturated rings. The smallest absolute Gasteiger partial charge is 0.246 e. The molecule has 1 aromatic carbocycles. The van der Waals surface area contributed by atoms with Crippen LogP contribution in [-0.2, 0) is 0 Å². The van der Waals surface area contributed by atoms with Crippen molar-refractivity contribution in [3.63, 3.8) is 0 Å². The van der Waals surface area contributed by atoms with E-state index in [2.05, 4.69) is 25.2 Å². The molecule has 0 saturated heterocycles. The Morgan fingerprint density at radius 2 is 1.68 bits per heavy atom. The predicted octanol–water partition coefficient (Wildman–Crippen LogP) is 4.57. The molecule has 0 aromatic heterocycles. The number of nitrogens with one attached hydrogen (secondary N) is 1. The first kappa shape index (κ1) is 14.0. The molecule has 0 bridgehead atoms. The third-order valence-electron chi connectivity index (χ3n) is 3.30. The molecule has 1 heterocycles. The molecule has 1 aliphatic heterocycles. The second kappa shape index (κ2) is 5.72. The summed E-state index contributed by atoms with van der Waals surface area (Å²) >= 11 is 0. The summed E-state index contributed by atoms with van der Waals surface area (Å²) < 4.78 is 11.5. The molecule has 0 unspecified atom stereocenters. The van der Waals surface area contributed by atoms with E-state index in [0.717, 1.165) is 17.2 Å². The fraction of sp³-hybridized carbons (Fsp3) is 0.625. The van der Waals surface area contributed by atoms with Crippen molar-refractivity contribution in [3.05, 3.63) is 18.2 Å². The van der Waals surface area contributed by atoms with Crippen molar-refractivity contribution in [1.29, 1.82) is 0 Å². The van der Waals surface area contributed by atoms with Crippen molar-refractivity contribution >= 4 is 5.69 Å². The molecule has 0 amide bonds. The van der Waals surface area contributed by atoms with Gasteiger partial charge in [-0.1, -0.05) is 26.7 Å². The first-order valence-electron chi connectivity index (χ1n) is 7.32. The predicted molar refractivity (Wildman–Crippen MR) is 79.0 cm³/mol. The van der Waals surface area contributed by atoms with Crippen LogP contribution in [0.4, 0.5) is 5.69 Å². The van der Waals surface area contributed by atoms with E-state index in [1.165, 1.54) is 25.7 Å². The molecule has 106 valence electrons. The molecule has 0 aliphatic carbocycles. The lowest BCUT2D eigenvalue weighted by molar-refractivity contribution is -0.0431. The third kappa shape index (κ3) is 3.55. The van der Waals surface area contributed by atoms with Crippen LogP contribution < -0.4 is 14.8 Å². The van der Waals surface area contributed by atoms with Crippen LogP contribution in [0.1, 0.15) is 53.4 Å². The molecular weight excluding hydrogens is 238 g/mol. The summed E-state index contributed by atoms with van der Waals surface area (Å²) in [5, 5.41) is 3.60. The molecule has 1 aromatic rings. The lowest BCUT2D eigenvalue weighted by atomic mass is 10.1. The maximum Gasteiger partial charge on any atom is 0.246 e. The summed E-state index contributed by atoms with van der Waals surface area (Å²) in [6.45, 7) is 8.31. The van der Waals surface area contributed by atoms with Gasteiger partial charge < -0.3 is 14.8 Å². The van der Waals surface area contributed by atoms with Gasteiger partial charge in [-0.2, -0.15) is 0 Å². The van der Waals surface area contributed by atoms with E-state index < -0.39 is 5.79 Å². The minimum absolute atomic E-state index is 0.545. The van der Waals surface area contributed by atoms with Gasteiger partial charge in [0.25, 0.3) is 0 Å². The Kier molecular flexibility index (Phi) is 4.23. The summed E-state index contributed by atoms with van der Waals surface area (Å²) in [5.41, 5.74) is 1.12. The summed E-state index contributed by atoms with van der Waals surface area (Å²) in [6, 6.07) is 6.65. The van der Waals surface area contributed by atoms with Gasteiger partial charge in [-0.05, 0) is 25.0 Å². The maximum absolute atomic E-state index is 5.77. The van der Waals surface area contributed by atoms with Crippen molar-refractivity contribution in [3.8, 4) is 11.5 Å². The fourth-order valence-electron chi connectivity index (χ4n) is 2.53. The van der Waals surface area contributed by atoms with Crippen molar-refractivity contribution < 1.29 is 9.47 Å². The molecule has 2 rings (SSSR count). The van der Waals surface area contributed by atoms with Gasteiger partial charge in [0.05, 0.1) is 0 Å². The van der Waals surface area contributed by atoms with Crippen LogP contribution in [0.5, 0.6) is 11.5 Å². The fourth-order valence-corrected chi connectivity index (χ4v) is 2.53. The van der Waals surface area contributed by atoms with Gasteiger partial charge in [0.15, 0.2) is 11.5 Å². The maximum atomic E-state index is 5.77. The molecule has 0 saturated carbocycles. The van der Waals surface area contributed by atoms with Crippen LogP contribution >= 0.6 is 0 Å². The number of rotatable bonds is 6. The van der Waals surface area contributed by atoms with E-state index in [0.29, 0.717) is 6.04 Å². The monoisotopic (exact) mass is 263 g/mol. The van der Waals surface area contributed by atoms with E-state index in [1.54, 1.807) is 0 Å². The van der Waals surface area contributed by atoms with E-state index in [-0.39, 0.29) is 0 Å². The van der Waals surface area contributed by atoms with Gasteiger partial charge in [-0.15, -0.1) is 0 Å². The van der Waals surface area contributed by atoms with E-state index in [1.807, 2.05) is 26.0 Å². The molecule has 3 nitrogen and oxygen atoms in total. The zero-order valence-electron chi connectivity index (χ0n) is 12.5. The van der Waals surface area contributed by atoms with Gasteiger partial charge in [-0.3, -0.25) is 0 Å². The Labute approximate surface area is 116 Å². The highest BCUT2D eigenvalue weighted by Gasteiger charge is 2.31. The third-order valence-corrected chi connectivity index (χ3v) is 3.30. The molecule has 3 heteroatoms. The van der Waals surface area contributed by atoms with Crippen molar-refractivity contribution in [2.45, 2.75) is 65.2 Å². The normalized spacial score (nSPS) is 15.8. The minimum atomic E-state index is -0.548. The number of hydrogen-bond acceptors (Lipinski definition) is 3. The van der Waals surface area contributed by atoms with Crippen LogP contribution in [-0.4, -0.2) is 11.8 Å². The van der Waals surface area contributed by atoms with Crippen LogP contribution in [0.25, 0.3) is 0 Å². The van der Waals surface area contributed by atoms with Crippen LogP contribution in [0.3, 0.4) is 0 Å². The number of hydrogen-bond donors (Lipinski definition) is 1. The zero-order chi connectivity index (χ0) is 13.9. The molecule has 19 heavy (non-hydrogen) atoms. The van der Waals surface area contributed by atoms with Gasteiger partial charge in [0.2, 0.25) is 5.79 Å². The Balaban J connectivity index is 2.06. The Morgan fingerprint density at radius 3 is 2.32 bits per heavy atom. The Bertz CT molecular complexity index is 423. The van der Waals surface area contributed by atoms with E-state index >= 15 is 0 Å². The highest BCUT2D eigenvalue weighted by molar-refractivity contribution is 5.56. The second-order valence-corrected chi connectivity index (χ2v) is 5.68. The lowest BCUT2D eigenvalue weighted by Gasteiger charge is -2.19. The number of anilines is 1. The van der Waals surface area contributed by atoms with Crippen LogP contribution in [0.15, 0.2) is 18.2 Å². The van der Waals surface area contributed by atoms with Crippen molar-refractivity contribution in [2.24, 2.45) is 0 Å². The standard InChI is InChI=1S/C16H25NO2/c1-5-7-12(8-6-2)17-13-9-10-14-15(11-13)19-16(3,4)18-14/h9-12,17H,5-8H2,1-4H3. The molecule has 0 radical (unpaired) electrons. The summed E-state index contributed by atoms with van der Waals surface area (Å²) in [6.07, 6.45) is 4.81. The Morgan fingerprint density at radius 1 is 1.05 bits per heavy atom. The van der Waals surface area contributed by atoms with Crippen molar-refractivity contribution in [2.75, 3.05) is 5.32 Å². The van der Waals surface area contributed by atoms with Gasteiger partial charge in [-0.25, -0.2) is 0 Å². The summed E-state index contributed by atoms with van der Waals surface area (Å²) in [5.74, 6) is 1.12. The average Bonchev–Trinajstić information content (AvgIpc) is 2.63. The molecular formula is C16H25NO2. The van der Waals surface area contributed by atoms with Crippen LogP contribution in [0.2, 0.25) is 0 Å². The number of ether oxygens (including phenoxy) is 2. The van der Waals surface area contributed by atoms with Crippen LogP contribution in [0, 0.1) is 0 Å². The van der Waals surface area contributed by atoms with Gasteiger partial charge >= 0.3 is 0 Å². The van der Waals surface area contributed by atoms with E-state index in [4.69, 9.17) is 9.47 Å². The first-order valence-corrected chi connectivity index (χ1v) is 7.32. The SMILES string of the molecule is CCCC(CCC)Nc1ccc2c(c1)OC(C)(C)O2. The second-order valence-electron chi connectivity index (χ2n) is 5.68. The molecule has 1 aliphatic rings. The van der Waals surface area contributed by atoms with Gasteiger partial charge in [0, 0.05) is 31.6 Å². The number of fused-ring (bicyclic) bond motifs is 1. The highest BCUT2D eigenvalue weighted by atomic mass is 16.7. The lowest BCUT2D eigenvalue weighted by Crippen LogP contribution is -2.29. The first-order chi connectivity index (χ1) is 9.04. The minimum Gasteiger partial charge on any atom is -0.449 e. The molecule has 0 spiro atoms. The van der Waals surface area contributed by atoms with E-state index in [9.17, 15) is 0 Å². The van der Waals surface area contributed by atoms with Crippen molar-refractivity contribution in [1.82, 2.24) is 0 Å². The van der Waals surface area contributed by atoms with Gasteiger partial charge in [0.1, 0.15) is 0 Å². The molecule has 0 atom stereocenters. The molecule has 1 N–H and O–H groups in total. The highest BCUT2D eigenvalue weighted by Crippen LogP contribution is 2.40. The quantitative estimate of drug-likeness (QED) is 0.815. The summed E-state index contributed by atoms with van der Waals surface area (Å²) in [7, 11) is 0. The number of benzene rings is 1. The topological polar surface area (TPSA) is 30.5 Å². The average molecular weight is 263 g/mol. The Hall–Kier alpha value is -1.38. The zero-order valence-corrected chi connectivity index (χ0v) is 12.5. The largest absolute Gasteiger partial charge is 0.449 e. The summed E-state index contributed by atoms with van der Waals surface area (Å²) in [4.78, 5) is 0.